The normalized spacial score (nSPS) is 20.2. The summed E-state index contributed by atoms with van der Waals surface area (Å²) in [4.78, 5) is 8.97. The van der Waals surface area contributed by atoms with Crippen LogP contribution in [0.15, 0.2) is 23.3 Å². The van der Waals surface area contributed by atoms with Gasteiger partial charge in [0.1, 0.15) is 6.10 Å². The molecule has 0 amide bonds. The monoisotopic (exact) mass is 476 g/mol. The summed E-state index contributed by atoms with van der Waals surface area (Å²) in [7, 11) is 1.69. The van der Waals surface area contributed by atoms with Crippen LogP contribution in [0.3, 0.4) is 0 Å². The highest BCUT2D eigenvalue weighted by atomic mass is 127. The van der Waals surface area contributed by atoms with Crippen molar-refractivity contribution in [2.75, 3.05) is 26.8 Å². The number of aromatic nitrogens is 1. The average molecular weight is 476 g/mol. The fraction of sp³-hybridized carbons (Fsp3) is 0.684. The van der Waals surface area contributed by atoms with E-state index in [1.54, 1.807) is 13.3 Å². The lowest BCUT2D eigenvalue weighted by Crippen LogP contribution is -2.38. The quantitative estimate of drug-likeness (QED) is 0.261. The van der Waals surface area contributed by atoms with Crippen LogP contribution >= 0.6 is 24.0 Å². The molecule has 1 heterocycles. The predicted octanol–water partition coefficient (Wildman–Crippen LogP) is 3.36. The summed E-state index contributed by atoms with van der Waals surface area (Å²) in [6.07, 6.45) is 6.84. The second kappa shape index (κ2) is 13.1. The summed E-state index contributed by atoms with van der Waals surface area (Å²) in [6, 6.07) is 3.98. The molecular weight excluding hydrogens is 443 g/mol. The summed E-state index contributed by atoms with van der Waals surface area (Å²) < 4.78 is 11.1. The van der Waals surface area contributed by atoms with Gasteiger partial charge in [-0.15, -0.1) is 24.0 Å². The summed E-state index contributed by atoms with van der Waals surface area (Å²) in [6.45, 7) is 7.16. The van der Waals surface area contributed by atoms with Gasteiger partial charge in [0, 0.05) is 32.5 Å². The molecule has 2 N–H and O–H groups in total. The lowest BCUT2D eigenvalue weighted by atomic mass is 9.89. The van der Waals surface area contributed by atoms with Crippen molar-refractivity contribution in [3.8, 4) is 5.88 Å². The molecule has 0 aliphatic heterocycles. The van der Waals surface area contributed by atoms with Crippen molar-refractivity contribution in [3.63, 3.8) is 0 Å². The molecule has 0 saturated heterocycles. The van der Waals surface area contributed by atoms with Gasteiger partial charge >= 0.3 is 0 Å². The Morgan fingerprint density at radius 1 is 1.27 bits per heavy atom. The number of hydrogen-bond acceptors (Lipinski definition) is 4. The summed E-state index contributed by atoms with van der Waals surface area (Å²) in [5.74, 6) is 2.33. The minimum Gasteiger partial charge on any atom is -0.474 e. The van der Waals surface area contributed by atoms with Gasteiger partial charge < -0.3 is 20.1 Å². The van der Waals surface area contributed by atoms with Gasteiger partial charge in [0.15, 0.2) is 5.96 Å². The van der Waals surface area contributed by atoms with Crippen LogP contribution in [0.25, 0.3) is 0 Å². The fourth-order valence-electron chi connectivity index (χ4n) is 2.91. The zero-order chi connectivity index (χ0) is 17.9. The Hall–Kier alpha value is -1.09. The Balaban J connectivity index is 0.00000338. The first-order chi connectivity index (χ1) is 12.2. The SMILES string of the molecule is CCNC(=NCc1ccnc(OC2CCC(C)CC2)c1)NCCOC.I. The van der Waals surface area contributed by atoms with Crippen LogP contribution in [0.2, 0.25) is 0 Å². The molecule has 1 saturated carbocycles. The maximum absolute atomic E-state index is 6.07. The van der Waals surface area contributed by atoms with Crippen LogP contribution in [0.4, 0.5) is 0 Å². The highest BCUT2D eigenvalue weighted by Crippen LogP contribution is 2.26. The maximum atomic E-state index is 6.07. The molecule has 26 heavy (non-hydrogen) atoms. The highest BCUT2D eigenvalue weighted by Gasteiger charge is 2.19. The van der Waals surface area contributed by atoms with Crippen LogP contribution in [0.1, 0.15) is 45.1 Å². The van der Waals surface area contributed by atoms with Crippen LogP contribution < -0.4 is 15.4 Å². The molecular formula is C19H33IN4O2. The first-order valence-electron chi connectivity index (χ1n) is 9.34. The van der Waals surface area contributed by atoms with Crippen LogP contribution in [0.5, 0.6) is 5.88 Å². The van der Waals surface area contributed by atoms with Gasteiger partial charge in [-0.25, -0.2) is 9.98 Å². The van der Waals surface area contributed by atoms with E-state index in [0.29, 0.717) is 25.1 Å². The van der Waals surface area contributed by atoms with E-state index in [0.717, 1.165) is 43.4 Å². The highest BCUT2D eigenvalue weighted by molar-refractivity contribution is 14.0. The van der Waals surface area contributed by atoms with E-state index in [-0.39, 0.29) is 24.0 Å². The topological polar surface area (TPSA) is 67.8 Å². The van der Waals surface area contributed by atoms with Gasteiger partial charge in [0.2, 0.25) is 5.88 Å². The van der Waals surface area contributed by atoms with Crippen molar-refractivity contribution in [1.29, 1.82) is 0 Å². The first-order valence-corrected chi connectivity index (χ1v) is 9.34. The Morgan fingerprint density at radius 2 is 2.04 bits per heavy atom. The van der Waals surface area contributed by atoms with Gasteiger partial charge in [-0.2, -0.15) is 0 Å². The molecule has 0 spiro atoms. The Labute approximate surface area is 174 Å². The van der Waals surface area contributed by atoms with E-state index in [4.69, 9.17) is 9.47 Å². The maximum Gasteiger partial charge on any atom is 0.213 e. The third-order valence-corrected chi connectivity index (χ3v) is 4.41. The number of methoxy groups -OCH3 is 1. The molecule has 1 aliphatic carbocycles. The third-order valence-electron chi connectivity index (χ3n) is 4.41. The predicted molar refractivity (Wildman–Crippen MR) is 116 cm³/mol. The lowest BCUT2D eigenvalue weighted by Gasteiger charge is -2.26. The molecule has 1 aliphatic rings. The molecule has 7 heteroatoms. The van der Waals surface area contributed by atoms with Crippen molar-refractivity contribution >= 4 is 29.9 Å². The number of aliphatic imine (C=N–C) groups is 1. The second-order valence-electron chi connectivity index (χ2n) is 6.62. The largest absolute Gasteiger partial charge is 0.474 e. The van der Waals surface area contributed by atoms with Crippen molar-refractivity contribution in [2.45, 2.75) is 52.2 Å². The molecule has 2 rings (SSSR count). The number of rotatable bonds is 8. The van der Waals surface area contributed by atoms with Gasteiger partial charge in [0.05, 0.1) is 13.2 Å². The molecule has 0 radical (unpaired) electrons. The smallest absolute Gasteiger partial charge is 0.213 e. The van der Waals surface area contributed by atoms with Crippen molar-refractivity contribution in [2.24, 2.45) is 10.9 Å². The van der Waals surface area contributed by atoms with Crippen LogP contribution in [-0.2, 0) is 11.3 Å². The van der Waals surface area contributed by atoms with E-state index in [1.165, 1.54) is 12.8 Å². The van der Waals surface area contributed by atoms with Gasteiger partial charge in [-0.3, -0.25) is 0 Å². The van der Waals surface area contributed by atoms with Gasteiger partial charge in [-0.1, -0.05) is 6.92 Å². The van der Waals surface area contributed by atoms with Gasteiger partial charge in [-0.05, 0) is 50.2 Å². The van der Waals surface area contributed by atoms with E-state index >= 15 is 0 Å². The second-order valence-corrected chi connectivity index (χ2v) is 6.62. The van der Waals surface area contributed by atoms with E-state index < -0.39 is 0 Å². The van der Waals surface area contributed by atoms with Crippen molar-refractivity contribution < 1.29 is 9.47 Å². The Morgan fingerprint density at radius 3 is 2.73 bits per heavy atom. The Bertz CT molecular complexity index is 534. The number of nitrogens with zero attached hydrogens (tertiary/aromatic N) is 2. The zero-order valence-corrected chi connectivity index (χ0v) is 18.5. The number of pyridine rings is 1. The van der Waals surface area contributed by atoms with E-state index in [9.17, 15) is 0 Å². The minimum atomic E-state index is 0. The average Bonchev–Trinajstić information content (AvgIpc) is 2.62. The zero-order valence-electron chi connectivity index (χ0n) is 16.2. The summed E-state index contributed by atoms with van der Waals surface area (Å²) in [5.41, 5.74) is 1.10. The number of hydrogen-bond donors (Lipinski definition) is 2. The molecule has 0 bridgehead atoms. The van der Waals surface area contributed by atoms with E-state index in [1.807, 2.05) is 12.1 Å². The van der Waals surface area contributed by atoms with E-state index in [2.05, 4.69) is 34.5 Å². The molecule has 0 aromatic carbocycles. The molecule has 148 valence electrons. The molecule has 0 unspecified atom stereocenters. The van der Waals surface area contributed by atoms with Crippen LogP contribution in [0, 0.1) is 5.92 Å². The fourth-order valence-corrected chi connectivity index (χ4v) is 2.91. The van der Waals surface area contributed by atoms with Crippen molar-refractivity contribution in [3.05, 3.63) is 23.9 Å². The van der Waals surface area contributed by atoms with Crippen LogP contribution in [-0.4, -0.2) is 43.9 Å². The summed E-state index contributed by atoms with van der Waals surface area (Å²) in [5, 5.41) is 6.48. The number of halogens is 1. The third kappa shape index (κ3) is 8.53. The number of guanidine groups is 1. The summed E-state index contributed by atoms with van der Waals surface area (Å²) >= 11 is 0. The lowest BCUT2D eigenvalue weighted by molar-refractivity contribution is 0.130. The van der Waals surface area contributed by atoms with Gasteiger partial charge in [0.25, 0.3) is 0 Å². The molecule has 6 nitrogen and oxygen atoms in total. The minimum absolute atomic E-state index is 0. The van der Waals surface area contributed by atoms with Crippen molar-refractivity contribution in [1.82, 2.24) is 15.6 Å². The molecule has 1 aromatic heterocycles. The molecule has 1 aromatic rings. The standard InChI is InChI=1S/C19H32N4O2.HI/c1-4-20-19(22-11-12-24-3)23-14-16-9-10-21-18(13-16)25-17-7-5-15(2)6-8-17;/h9-10,13,15,17H,4-8,11-12,14H2,1-3H3,(H2,20,22,23);1H. The Kier molecular flexibility index (Phi) is 11.6. The molecule has 0 atom stereocenters. The first kappa shape index (κ1) is 23.0. The number of nitrogens with one attached hydrogen (secondary N) is 2. The molecule has 1 fully saturated rings. The number of ether oxygens (including phenoxy) is 2.